The van der Waals surface area contributed by atoms with Crippen molar-refractivity contribution in [2.24, 2.45) is 7.05 Å². The third-order valence-electron chi connectivity index (χ3n) is 4.02. The summed E-state index contributed by atoms with van der Waals surface area (Å²) < 4.78 is 1.79. The Morgan fingerprint density at radius 3 is 2.76 bits per heavy atom. The number of nitrogens with one attached hydrogen (secondary N) is 1. The molecule has 0 saturated heterocycles. The summed E-state index contributed by atoms with van der Waals surface area (Å²) in [5.41, 5.74) is 2.12. The lowest BCUT2D eigenvalue weighted by atomic mass is 10.1. The molecule has 136 valence electrons. The normalized spacial score (nSPS) is 10.7. The van der Waals surface area contributed by atoms with Gasteiger partial charge in [0.1, 0.15) is 11.6 Å². The van der Waals surface area contributed by atoms with Gasteiger partial charge in [-0.05, 0) is 38.3 Å². The summed E-state index contributed by atoms with van der Waals surface area (Å²) in [6.07, 6.45) is 5.97. The van der Waals surface area contributed by atoms with E-state index in [1.807, 2.05) is 33.2 Å². The molecule has 0 aliphatic rings. The summed E-state index contributed by atoms with van der Waals surface area (Å²) in [6.45, 7) is 8.24. The third-order valence-corrected chi connectivity index (χ3v) is 4.02. The number of aryl methyl sites for hydroxylation is 4. The maximum Gasteiger partial charge on any atom is 0.220 e. The molecule has 0 aliphatic heterocycles. The van der Waals surface area contributed by atoms with Gasteiger partial charge in [-0.1, -0.05) is 6.92 Å². The van der Waals surface area contributed by atoms with Gasteiger partial charge in [-0.3, -0.25) is 9.48 Å². The first-order chi connectivity index (χ1) is 12.0. The van der Waals surface area contributed by atoms with Crippen molar-refractivity contribution in [1.82, 2.24) is 25.1 Å². The number of rotatable bonds is 9. The molecule has 0 spiro atoms. The number of hydrogen-bond donors (Lipinski definition) is 1. The second kappa shape index (κ2) is 9.15. The zero-order valence-corrected chi connectivity index (χ0v) is 15.6. The van der Waals surface area contributed by atoms with Gasteiger partial charge in [-0.15, -0.1) is 0 Å². The molecule has 0 saturated carbocycles. The summed E-state index contributed by atoms with van der Waals surface area (Å²) >= 11 is 0. The fourth-order valence-corrected chi connectivity index (χ4v) is 2.79. The Bertz CT molecular complexity index is 697. The molecular formula is C18H28N6O. The minimum atomic E-state index is 0.0681. The lowest BCUT2D eigenvalue weighted by molar-refractivity contribution is -0.120. The Kier molecular flexibility index (Phi) is 6.91. The number of hydrogen-bond acceptors (Lipinski definition) is 5. The van der Waals surface area contributed by atoms with E-state index < -0.39 is 0 Å². The van der Waals surface area contributed by atoms with Crippen molar-refractivity contribution in [3.05, 3.63) is 35.5 Å². The minimum absolute atomic E-state index is 0.0681. The van der Waals surface area contributed by atoms with Crippen LogP contribution in [0.1, 0.15) is 36.8 Å². The summed E-state index contributed by atoms with van der Waals surface area (Å²) in [6, 6.07) is 1.91. The van der Waals surface area contributed by atoms with Gasteiger partial charge in [0, 0.05) is 45.5 Å². The zero-order valence-electron chi connectivity index (χ0n) is 15.6. The van der Waals surface area contributed by atoms with Gasteiger partial charge in [0.2, 0.25) is 5.91 Å². The molecule has 1 N–H and O–H groups in total. The Balaban J connectivity index is 1.79. The lowest BCUT2D eigenvalue weighted by Gasteiger charge is -2.23. The Morgan fingerprint density at radius 2 is 2.12 bits per heavy atom. The van der Waals surface area contributed by atoms with Crippen LogP contribution in [0.2, 0.25) is 0 Å². The van der Waals surface area contributed by atoms with E-state index in [1.165, 1.54) is 0 Å². The van der Waals surface area contributed by atoms with Gasteiger partial charge in [-0.2, -0.15) is 5.10 Å². The van der Waals surface area contributed by atoms with Gasteiger partial charge in [0.05, 0.1) is 5.69 Å². The van der Waals surface area contributed by atoms with Crippen LogP contribution < -0.4 is 10.2 Å². The van der Waals surface area contributed by atoms with Crippen molar-refractivity contribution >= 4 is 11.7 Å². The average molecular weight is 344 g/mol. The molecule has 2 heterocycles. The van der Waals surface area contributed by atoms with Crippen molar-refractivity contribution < 1.29 is 4.79 Å². The molecule has 25 heavy (non-hydrogen) atoms. The fourth-order valence-electron chi connectivity index (χ4n) is 2.79. The van der Waals surface area contributed by atoms with E-state index in [0.717, 1.165) is 48.8 Å². The predicted octanol–water partition coefficient (Wildman–Crippen LogP) is 1.79. The van der Waals surface area contributed by atoms with Gasteiger partial charge in [-0.25, -0.2) is 9.97 Å². The number of amides is 1. The maximum absolute atomic E-state index is 12.1. The highest BCUT2D eigenvalue weighted by Crippen LogP contribution is 2.10. The second-order valence-corrected chi connectivity index (χ2v) is 6.21. The summed E-state index contributed by atoms with van der Waals surface area (Å²) in [7, 11) is 1.90. The molecule has 0 fully saturated rings. The highest BCUT2D eigenvalue weighted by Gasteiger charge is 2.10. The molecule has 1 amide bonds. The molecule has 2 rings (SSSR count). The highest BCUT2D eigenvalue weighted by atomic mass is 16.1. The van der Waals surface area contributed by atoms with Crippen LogP contribution in [0, 0.1) is 13.8 Å². The van der Waals surface area contributed by atoms with Crippen molar-refractivity contribution in [2.75, 3.05) is 24.5 Å². The van der Waals surface area contributed by atoms with Crippen LogP contribution in [0.4, 0.5) is 5.82 Å². The van der Waals surface area contributed by atoms with Crippen molar-refractivity contribution in [3.63, 3.8) is 0 Å². The smallest absolute Gasteiger partial charge is 0.220 e. The molecule has 0 radical (unpaired) electrons. The summed E-state index contributed by atoms with van der Waals surface area (Å²) in [5, 5.41) is 7.30. The molecule has 0 atom stereocenters. The second-order valence-electron chi connectivity index (χ2n) is 6.21. The van der Waals surface area contributed by atoms with Crippen LogP contribution in [0.25, 0.3) is 0 Å². The van der Waals surface area contributed by atoms with Gasteiger partial charge < -0.3 is 10.2 Å². The third kappa shape index (κ3) is 5.85. The molecule has 0 bridgehead atoms. The van der Waals surface area contributed by atoms with Crippen LogP contribution >= 0.6 is 0 Å². The van der Waals surface area contributed by atoms with E-state index in [4.69, 9.17) is 0 Å². The van der Waals surface area contributed by atoms with Crippen molar-refractivity contribution in [3.8, 4) is 0 Å². The van der Waals surface area contributed by atoms with Crippen LogP contribution in [0.5, 0.6) is 0 Å². The van der Waals surface area contributed by atoms with Crippen LogP contribution in [-0.2, 0) is 18.3 Å². The van der Waals surface area contributed by atoms with E-state index in [2.05, 4.69) is 32.2 Å². The van der Waals surface area contributed by atoms with E-state index >= 15 is 0 Å². The number of aromatic nitrogens is 4. The van der Waals surface area contributed by atoms with E-state index in [0.29, 0.717) is 13.0 Å². The number of anilines is 1. The van der Waals surface area contributed by atoms with Crippen molar-refractivity contribution in [2.45, 2.75) is 40.0 Å². The first-order valence-electron chi connectivity index (χ1n) is 8.80. The Labute approximate surface area is 149 Å². The molecule has 2 aromatic rings. The SMILES string of the molecule is CCCN(CCNC(=O)CCc1cn(C)nc1C)c1ccnc(C)n1. The fraction of sp³-hybridized carbons (Fsp3) is 0.556. The van der Waals surface area contributed by atoms with Gasteiger partial charge >= 0.3 is 0 Å². The predicted molar refractivity (Wildman–Crippen MR) is 98.5 cm³/mol. The van der Waals surface area contributed by atoms with E-state index in [9.17, 15) is 4.79 Å². The largest absolute Gasteiger partial charge is 0.355 e. The van der Waals surface area contributed by atoms with Crippen LogP contribution in [0.3, 0.4) is 0 Å². The average Bonchev–Trinajstić information content (AvgIpc) is 2.89. The molecule has 0 unspecified atom stereocenters. The summed E-state index contributed by atoms with van der Waals surface area (Å²) in [4.78, 5) is 22.9. The molecule has 0 aromatic carbocycles. The molecule has 2 aromatic heterocycles. The van der Waals surface area contributed by atoms with Crippen molar-refractivity contribution in [1.29, 1.82) is 0 Å². The lowest BCUT2D eigenvalue weighted by Crippen LogP contribution is -2.36. The first-order valence-corrected chi connectivity index (χ1v) is 8.80. The van der Waals surface area contributed by atoms with Gasteiger partial charge in [0.25, 0.3) is 0 Å². The number of nitrogens with zero attached hydrogens (tertiary/aromatic N) is 5. The minimum Gasteiger partial charge on any atom is -0.355 e. The van der Waals surface area contributed by atoms with Crippen LogP contribution in [0.15, 0.2) is 18.5 Å². The monoisotopic (exact) mass is 344 g/mol. The van der Waals surface area contributed by atoms with E-state index in [1.54, 1.807) is 10.9 Å². The summed E-state index contributed by atoms with van der Waals surface area (Å²) in [5.74, 6) is 1.74. The van der Waals surface area contributed by atoms with Gasteiger partial charge in [0.15, 0.2) is 0 Å². The quantitative estimate of drug-likeness (QED) is 0.750. The maximum atomic E-state index is 12.1. The zero-order chi connectivity index (χ0) is 18.2. The number of carbonyl (C=O) groups excluding carboxylic acids is 1. The number of carbonyl (C=O) groups is 1. The topological polar surface area (TPSA) is 75.9 Å². The molecule has 0 aliphatic carbocycles. The van der Waals surface area contributed by atoms with Crippen LogP contribution in [-0.4, -0.2) is 45.3 Å². The standard InChI is InChI=1S/C18H28N6O/c1-5-11-24(17-8-9-19-15(3)21-17)12-10-20-18(25)7-6-16-13-23(4)22-14(16)2/h8-9,13H,5-7,10-12H2,1-4H3,(H,20,25). The van der Waals surface area contributed by atoms with E-state index in [-0.39, 0.29) is 5.91 Å². The highest BCUT2D eigenvalue weighted by molar-refractivity contribution is 5.76. The Morgan fingerprint density at radius 1 is 1.32 bits per heavy atom. The molecule has 7 nitrogen and oxygen atoms in total. The molecular weight excluding hydrogens is 316 g/mol. The molecule has 7 heteroatoms. The Hall–Kier alpha value is -2.44. The first kappa shape index (κ1) is 18.9.